The van der Waals surface area contributed by atoms with Crippen LogP contribution in [0, 0.1) is 6.92 Å². The Labute approximate surface area is 178 Å². The number of allylic oxidation sites excluding steroid dienone is 1. The minimum Gasteiger partial charge on any atom is -0.478 e. The van der Waals surface area contributed by atoms with Gasteiger partial charge in [-0.05, 0) is 38.3 Å². The quantitative estimate of drug-likeness (QED) is 0.439. The number of ketones is 1. The van der Waals surface area contributed by atoms with Crippen molar-refractivity contribution in [3.05, 3.63) is 71.0 Å². The van der Waals surface area contributed by atoms with E-state index in [9.17, 15) is 14.4 Å². The van der Waals surface area contributed by atoms with E-state index in [-0.39, 0.29) is 5.78 Å². The molecule has 160 valence electrons. The molecule has 0 fully saturated rings. The summed E-state index contributed by atoms with van der Waals surface area (Å²) in [5.74, 6) is -2.36. The zero-order valence-corrected chi connectivity index (χ0v) is 17.3. The van der Waals surface area contributed by atoms with Crippen LogP contribution in [0.1, 0.15) is 40.3 Å². The van der Waals surface area contributed by atoms with Crippen molar-refractivity contribution >= 4 is 34.7 Å². The van der Waals surface area contributed by atoms with Crippen LogP contribution in [0.3, 0.4) is 0 Å². The molecule has 0 radical (unpaired) electrons. The number of carbonyl (C=O) groups excluding carboxylic acids is 1. The van der Waals surface area contributed by atoms with Crippen molar-refractivity contribution in [1.29, 1.82) is 0 Å². The molecule has 0 unspecified atom stereocenters. The molecule has 31 heavy (non-hydrogen) atoms. The van der Waals surface area contributed by atoms with Crippen LogP contribution in [0.5, 0.6) is 0 Å². The Balaban J connectivity index is 0.000000293. The second kappa shape index (κ2) is 9.25. The summed E-state index contributed by atoms with van der Waals surface area (Å²) < 4.78 is 2.17. The summed E-state index contributed by atoms with van der Waals surface area (Å²) in [6.45, 7) is 1.98. The monoisotopic (exact) mass is 421 g/mol. The van der Waals surface area contributed by atoms with Gasteiger partial charge in [-0.2, -0.15) is 0 Å². The van der Waals surface area contributed by atoms with Gasteiger partial charge in [0.05, 0.1) is 17.6 Å². The maximum Gasteiger partial charge on any atom is 0.328 e. The zero-order valence-electron chi connectivity index (χ0n) is 17.3. The smallest absolute Gasteiger partial charge is 0.328 e. The second-order valence-electron chi connectivity index (χ2n) is 7.17. The van der Waals surface area contributed by atoms with Crippen molar-refractivity contribution in [2.45, 2.75) is 26.2 Å². The molecule has 4 rings (SSSR count). The Morgan fingerprint density at radius 3 is 2.42 bits per heavy atom. The van der Waals surface area contributed by atoms with Gasteiger partial charge < -0.3 is 19.8 Å². The molecule has 0 bridgehead atoms. The van der Waals surface area contributed by atoms with Crippen LogP contribution in [-0.2, 0) is 23.1 Å². The first-order chi connectivity index (χ1) is 14.8. The van der Waals surface area contributed by atoms with E-state index in [1.807, 2.05) is 25.1 Å². The molecule has 0 saturated carbocycles. The predicted octanol–water partition coefficient (Wildman–Crippen LogP) is 3.52. The van der Waals surface area contributed by atoms with Crippen molar-refractivity contribution in [3.63, 3.8) is 0 Å². The minimum absolute atomic E-state index is 0.150. The van der Waals surface area contributed by atoms with E-state index < -0.39 is 11.9 Å². The number of H-pyrrole nitrogens is 1. The number of carbonyl (C=O) groups is 3. The first kappa shape index (κ1) is 21.8. The van der Waals surface area contributed by atoms with E-state index >= 15 is 0 Å². The number of Topliss-reactive ketones (excluding diaryl/α,β-unsaturated/α-hetero) is 1. The topological polar surface area (TPSA) is 125 Å². The third kappa shape index (κ3) is 4.80. The third-order valence-electron chi connectivity index (χ3n) is 5.15. The minimum atomic E-state index is -1.26. The highest BCUT2D eigenvalue weighted by atomic mass is 16.4. The number of nitrogens with one attached hydrogen (secondary N) is 1. The summed E-state index contributed by atoms with van der Waals surface area (Å²) in [6.07, 6.45) is 7.46. The van der Waals surface area contributed by atoms with Crippen LogP contribution in [0.25, 0.3) is 17.0 Å². The Bertz CT molecular complexity index is 1200. The van der Waals surface area contributed by atoms with Crippen LogP contribution in [0.4, 0.5) is 0 Å². The summed E-state index contributed by atoms with van der Waals surface area (Å²) in [6, 6.07) is 8.16. The lowest BCUT2D eigenvalue weighted by Crippen LogP contribution is -2.04. The molecule has 3 aromatic rings. The van der Waals surface area contributed by atoms with Crippen molar-refractivity contribution in [3.8, 4) is 0 Å². The highest BCUT2D eigenvalue weighted by Gasteiger charge is 2.26. The first-order valence-electron chi connectivity index (χ1n) is 9.75. The molecule has 1 aromatic carbocycles. The van der Waals surface area contributed by atoms with E-state index in [0.29, 0.717) is 12.2 Å². The molecule has 3 N–H and O–H groups in total. The molecule has 1 aliphatic carbocycles. The van der Waals surface area contributed by atoms with E-state index in [2.05, 4.69) is 33.7 Å². The number of hydrogen-bond donors (Lipinski definition) is 3. The molecule has 8 heteroatoms. The van der Waals surface area contributed by atoms with Crippen LogP contribution >= 0.6 is 0 Å². The van der Waals surface area contributed by atoms with Gasteiger partial charge >= 0.3 is 11.9 Å². The number of aromatic nitrogens is 3. The molecule has 0 saturated heterocycles. The number of fused-ring (bicyclic) bond motifs is 3. The van der Waals surface area contributed by atoms with Gasteiger partial charge in [0.15, 0.2) is 5.78 Å². The SMILES string of the molecule is Cc1[nH]cnc1C=C1CCCc2c(c3ccccc3n2C)C1=O.O=C(O)C=CC(=O)O. The highest BCUT2D eigenvalue weighted by Crippen LogP contribution is 2.33. The van der Waals surface area contributed by atoms with Crippen LogP contribution in [-0.4, -0.2) is 42.5 Å². The van der Waals surface area contributed by atoms with Crippen LogP contribution < -0.4 is 0 Å². The van der Waals surface area contributed by atoms with E-state index in [0.717, 1.165) is 58.4 Å². The van der Waals surface area contributed by atoms with E-state index in [1.165, 1.54) is 0 Å². The van der Waals surface area contributed by atoms with Crippen molar-refractivity contribution in [1.82, 2.24) is 14.5 Å². The molecule has 2 aromatic heterocycles. The molecule has 0 spiro atoms. The number of nitrogens with zero attached hydrogens (tertiary/aromatic N) is 2. The van der Waals surface area contributed by atoms with E-state index in [1.54, 1.807) is 6.33 Å². The lowest BCUT2D eigenvalue weighted by atomic mass is 9.99. The fourth-order valence-electron chi connectivity index (χ4n) is 3.67. The fraction of sp³-hybridized carbons (Fsp3) is 0.217. The third-order valence-corrected chi connectivity index (χ3v) is 5.15. The number of hydrogen-bond acceptors (Lipinski definition) is 4. The number of aromatic amines is 1. The van der Waals surface area contributed by atoms with Gasteiger partial charge in [-0.15, -0.1) is 0 Å². The molecule has 0 amide bonds. The Hall–Kier alpha value is -3.94. The van der Waals surface area contributed by atoms with E-state index in [4.69, 9.17) is 10.2 Å². The lowest BCUT2D eigenvalue weighted by molar-refractivity contribution is -0.134. The fourth-order valence-corrected chi connectivity index (χ4v) is 3.67. The normalized spacial score (nSPS) is 14.9. The van der Waals surface area contributed by atoms with Gasteiger partial charge in [0.25, 0.3) is 0 Å². The van der Waals surface area contributed by atoms with Gasteiger partial charge in [-0.25, -0.2) is 14.6 Å². The predicted molar refractivity (Wildman–Crippen MR) is 116 cm³/mol. The lowest BCUT2D eigenvalue weighted by Gasteiger charge is -2.03. The molecule has 0 atom stereocenters. The zero-order chi connectivity index (χ0) is 22.5. The van der Waals surface area contributed by atoms with Gasteiger partial charge in [-0.3, -0.25) is 4.79 Å². The van der Waals surface area contributed by atoms with Crippen molar-refractivity contribution < 1.29 is 24.6 Å². The number of rotatable bonds is 3. The summed E-state index contributed by atoms with van der Waals surface area (Å²) >= 11 is 0. The standard InChI is InChI=1S/C19H19N3O.C4H4O4/c1-12-15(21-11-20-12)10-13-6-5-9-17-18(19(13)23)14-7-3-4-8-16(14)22(17)2;5-3(6)1-2-4(7)8/h3-4,7-8,10-11H,5-6,9H2,1-2H3,(H,20,21);1-2H,(H,5,6)(H,7,8). The number of para-hydroxylation sites is 1. The van der Waals surface area contributed by atoms with Crippen LogP contribution in [0.2, 0.25) is 0 Å². The van der Waals surface area contributed by atoms with Gasteiger partial charge in [0.2, 0.25) is 0 Å². The largest absolute Gasteiger partial charge is 0.478 e. The number of carboxylic acid groups (broad SMARTS) is 2. The molecular weight excluding hydrogens is 398 g/mol. The average Bonchev–Trinajstić information content (AvgIpc) is 3.21. The Kier molecular flexibility index (Phi) is 6.49. The summed E-state index contributed by atoms with van der Waals surface area (Å²) in [7, 11) is 2.06. The van der Waals surface area contributed by atoms with Gasteiger partial charge in [0.1, 0.15) is 0 Å². The molecule has 2 heterocycles. The first-order valence-corrected chi connectivity index (χ1v) is 9.75. The van der Waals surface area contributed by atoms with Crippen LogP contribution in [0.15, 0.2) is 48.3 Å². The summed E-state index contributed by atoms with van der Waals surface area (Å²) in [5.41, 5.74) is 5.86. The molecular formula is C23H23N3O5. The Morgan fingerprint density at radius 2 is 1.81 bits per heavy atom. The Morgan fingerprint density at radius 1 is 1.13 bits per heavy atom. The highest BCUT2D eigenvalue weighted by molar-refractivity contribution is 6.19. The van der Waals surface area contributed by atoms with Gasteiger partial charge in [0, 0.05) is 47.1 Å². The van der Waals surface area contributed by atoms with Crippen molar-refractivity contribution in [2.24, 2.45) is 7.05 Å². The number of aliphatic carboxylic acids is 2. The average molecular weight is 421 g/mol. The number of carboxylic acids is 2. The van der Waals surface area contributed by atoms with Gasteiger partial charge in [-0.1, -0.05) is 18.2 Å². The number of benzene rings is 1. The maximum atomic E-state index is 13.2. The maximum absolute atomic E-state index is 13.2. The molecule has 1 aliphatic rings. The second-order valence-corrected chi connectivity index (χ2v) is 7.17. The number of imidazole rings is 1. The van der Waals surface area contributed by atoms with Crippen molar-refractivity contribution in [2.75, 3.05) is 0 Å². The number of aryl methyl sites for hydroxylation is 2. The summed E-state index contributed by atoms with van der Waals surface area (Å²) in [5, 5.41) is 16.7. The summed E-state index contributed by atoms with van der Waals surface area (Å²) in [4.78, 5) is 39.7. The molecule has 8 nitrogen and oxygen atoms in total. The molecule has 0 aliphatic heterocycles.